The normalized spacial score (nSPS) is 33.9. The zero-order valence-electron chi connectivity index (χ0n) is 9.17. The lowest BCUT2D eigenvalue weighted by Gasteiger charge is -2.32. The maximum Gasteiger partial charge on any atom is 0.0195 e. The molecule has 1 N–H and O–H groups in total. The van der Waals surface area contributed by atoms with Gasteiger partial charge in [-0.3, -0.25) is 0 Å². The molecule has 2 aliphatic heterocycles. The fourth-order valence-electron chi connectivity index (χ4n) is 2.48. The molecule has 0 aliphatic carbocycles. The molecule has 0 amide bonds. The molecule has 82 valence electrons. The van der Waals surface area contributed by atoms with Gasteiger partial charge in [-0.1, -0.05) is 0 Å². The maximum atomic E-state index is 3.58. The first-order chi connectivity index (χ1) is 6.86. The standard InChI is InChI=1S/C11H22N2S/c1-13(8-10-4-2-6-12-10)11-5-3-7-14-9-11/h10-12H,2-9H2,1H3. The molecule has 0 aromatic carbocycles. The van der Waals surface area contributed by atoms with Crippen LogP contribution in [0.3, 0.4) is 0 Å². The summed E-state index contributed by atoms with van der Waals surface area (Å²) in [4.78, 5) is 2.58. The van der Waals surface area contributed by atoms with Crippen molar-refractivity contribution in [1.82, 2.24) is 10.2 Å². The molecule has 0 aromatic heterocycles. The van der Waals surface area contributed by atoms with E-state index in [2.05, 4.69) is 29.0 Å². The molecule has 0 aromatic rings. The fraction of sp³-hybridized carbons (Fsp3) is 1.00. The van der Waals surface area contributed by atoms with Crippen LogP contribution in [0.1, 0.15) is 25.7 Å². The lowest BCUT2D eigenvalue weighted by atomic mass is 10.1. The second-order valence-electron chi connectivity index (χ2n) is 4.60. The zero-order valence-corrected chi connectivity index (χ0v) is 9.98. The van der Waals surface area contributed by atoms with Crippen LogP contribution < -0.4 is 5.32 Å². The molecule has 2 saturated heterocycles. The van der Waals surface area contributed by atoms with E-state index in [0.717, 1.165) is 12.1 Å². The van der Waals surface area contributed by atoms with E-state index in [0.29, 0.717) is 0 Å². The second-order valence-corrected chi connectivity index (χ2v) is 5.75. The van der Waals surface area contributed by atoms with Crippen LogP contribution in [-0.4, -0.2) is 48.6 Å². The minimum atomic E-state index is 0.770. The quantitative estimate of drug-likeness (QED) is 0.768. The third-order valence-electron chi connectivity index (χ3n) is 3.43. The largest absolute Gasteiger partial charge is 0.313 e. The number of hydrogen-bond donors (Lipinski definition) is 1. The zero-order chi connectivity index (χ0) is 9.80. The molecule has 2 aliphatic rings. The molecule has 2 fully saturated rings. The Morgan fingerprint density at radius 2 is 2.29 bits per heavy atom. The number of thioether (sulfide) groups is 1. The molecule has 2 atom stereocenters. The minimum absolute atomic E-state index is 0.770. The van der Waals surface area contributed by atoms with Crippen LogP contribution in [0.5, 0.6) is 0 Å². The SMILES string of the molecule is CN(CC1CCCN1)C1CCCSC1. The summed E-state index contributed by atoms with van der Waals surface area (Å²) in [6, 6.07) is 1.61. The summed E-state index contributed by atoms with van der Waals surface area (Å²) in [6.45, 7) is 2.49. The van der Waals surface area contributed by atoms with E-state index >= 15 is 0 Å². The van der Waals surface area contributed by atoms with Crippen LogP contribution in [0.4, 0.5) is 0 Å². The first-order valence-corrected chi connectivity index (χ1v) is 7.03. The molecule has 2 heterocycles. The molecule has 14 heavy (non-hydrogen) atoms. The first-order valence-electron chi connectivity index (χ1n) is 5.87. The highest BCUT2D eigenvalue weighted by Gasteiger charge is 2.22. The van der Waals surface area contributed by atoms with Crippen LogP contribution in [0.25, 0.3) is 0 Å². The van der Waals surface area contributed by atoms with Crippen molar-refractivity contribution >= 4 is 11.8 Å². The smallest absolute Gasteiger partial charge is 0.0195 e. The van der Waals surface area contributed by atoms with Gasteiger partial charge in [0.1, 0.15) is 0 Å². The Kier molecular flexibility index (Phi) is 4.14. The second kappa shape index (κ2) is 5.38. The molecule has 3 heteroatoms. The van der Waals surface area contributed by atoms with E-state index in [1.165, 1.54) is 50.3 Å². The van der Waals surface area contributed by atoms with Crippen molar-refractivity contribution in [2.75, 3.05) is 31.6 Å². The first kappa shape index (κ1) is 10.8. The van der Waals surface area contributed by atoms with Crippen LogP contribution in [0.2, 0.25) is 0 Å². The fourth-order valence-corrected chi connectivity index (χ4v) is 3.71. The van der Waals surface area contributed by atoms with Crippen molar-refractivity contribution in [3.05, 3.63) is 0 Å². The third-order valence-corrected chi connectivity index (χ3v) is 4.63. The van der Waals surface area contributed by atoms with Crippen molar-refractivity contribution in [3.63, 3.8) is 0 Å². The summed E-state index contributed by atoms with van der Waals surface area (Å²) in [5, 5.41) is 3.58. The maximum absolute atomic E-state index is 3.58. The van der Waals surface area contributed by atoms with E-state index in [9.17, 15) is 0 Å². The van der Waals surface area contributed by atoms with Crippen molar-refractivity contribution in [2.45, 2.75) is 37.8 Å². The molecule has 2 nitrogen and oxygen atoms in total. The highest BCUT2D eigenvalue weighted by molar-refractivity contribution is 7.99. The predicted molar refractivity (Wildman–Crippen MR) is 64.0 cm³/mol. The molecule has 2 unspecified atom stereocenters. The monoisotopic (exact) mass is 214 g/mol. The highest BCUT2D eigenvalue weighted by Crippen LogP contribution is 2.21. The minimum Gasteiger partial charge on any atom is -0.313 e. The Morgan fingerprint density at radius 1 is 1.36 bits per heavy atom. The van der Waals surface area contributed by atoms with Crippen molar-refractivity contribution < 1.29 is 0 Å². The lowest BCUT2D eigenvalue weighted by molar-refractivity contribution is 0.226. The van der Waals surface area contributed by atoms with Gasteiger partial charge < -0.3 is 10.2 Å². The van der Waals surface area contributed by atoms with E-state index in [-0.39, 0.29) is 0 Å². The Morgan fingerprint density at radius 3 is 2.93 bits per heavy atom. The topological polar surface area (TPSA) is 15.3 Å². The van der Waals surface area contributed by atoms with Gasteiger partial charge in [0.15, 0.2) is 0 Å². The average molecular weight is 214 g/mol. The number of likely N-dealkylation sites (N-methyl/N-ethyl adjacent to an activating group) is 1. The Labute approximate surface area is 91.8 Å². The number of nitrogens with one attached hydrogen (secondary N) is 1. The van der Waals surface area contributed by atoms with Gasteiger partial charge in [0.25, 0.3) is 0 Å². The van der Waals surface area contributed by atoms with Crippen molar-refractivity contribution in [3.8, 4) is 0 Å². The third kappa shape index (κ3) is 2.88. The van der Waals surface area contributed by atoms with Gasteiger partial charge in [0.05, 0.1) is 0 Å². The van der Waals surface area contributed by atoms with Crippen LogP contribution in [0, 0.1) is 0 Å². The van der Waals surface area contributed by atoms with Crippen molar-refractivity contribution in [1.29, 1.82) is 0 Å². The van der Waals surface area contributed by atoms with E-state index < -0.39 is 0 Å². The van der Waals surface area contributed by atoms with E-state index in [1.54, 1.807) is 0 Å². The summed E-state index contributed by atoms with van der Waals surface area (Å²) in [7, 11) is 2.30. The molecule has 0 saturated carbocycles. The number of rotatable bonds is 3. The van der Waals surface area contributed by atoms with Crippen molar-refractivity contribution in [2.24, 2.45) is 0 Å². The van der Waals surface area contributed by atoms with E-state index in [1.807, 2.05) is 0 Å². The van der Waals surface area contributed by atoms with Gasteiger partial charge in [-0.25, -0.2) is 0 Å². The average Bonchev–Trinajstić information content (AvgIpc) is 2.72. The summed E-state index contributed by atoms with van der Waals surface area (Å²) in [5.41, 5.74) is 0. The number of nitrogens with zero attached hydrogens (tertiary/aromatic N) is 1. The van der Waals surface area contributed by atoms with Crippen LogP contribution in [-0.2, 0) is 0 Å². The summed E-state index contributed by atoms with van der Waals surface area (Å²) in [6.07, 6.45) is 5.58. The molecular formula is C11H22N2S. The van der Waals surface area contributed by atoms with Gasteiger partial charge in [0, 0.05) is 24.4 Å². The number of hydrogen-bond acceptors (Lipinski definition) is 3. The van der Waals surface area contributed by atoms with Gasteiger partial charge in [0.2, 0.25) is 0 Å². The summed E-state index contributed by atoms with van der Waals surface area (Å²) in [5.74, 6) is 2.73. The molecule has 0 bridgehead atoms. The van der Waals surface area contributed by atoms with Crippen LogP contribution in [0.15, 0.2) is 0 Å². The lowest BCUT2D eigenvalue weighted by Crippen LogP contribution is -2.43. The highest BCUT2D eigenvalue weighted by atomic mass is 32.2. The Balaban J connectivity index is 1.72. The van der Waals surface area contributed by atoms with Gasteiger partial charge in [-0.15, -0.1) is 0 Å². The Bertz CT molecular complexity index is 163. The molecule has 2 rings (SSSR count). The predicted octanol–water partition coefficient (Wildman–Crippen LogP) is 1.57. The van der Waals surface area contributed by atoms with Gasteiger partial charge >= 0.3 is 0 Å². The van der Waals surface area contributed by atoms with Crippen LogP contribution >= 0.6 is 11.8 Å². The summed E-state index contributed by atoms with van der Waals surface area (Å²) < 4.78 is 0. The molecular weight excluding hydrogens is 192 g/mol. The van der Waals surface area contributed by atoms with E-state index in [4.69, 9.17) is 0 Å². The summed E-state index contributed by atoms with van der Waals surface area (Å²) >= 11 is 2.13. The molecule has 0 spiro atoms. The van der Waals surface area contributed by atoms with Gasteiger partial charge in [-0.05, 0) is 45.0 Å². The van der Waals surface area contributed by atoms with Gasteiger partial charge in [-0.2, -0.15) is 11.8 Å². The Hall–Kier alpha value is 0.270. The molecule has 0 radical (unpaired) electrons.